The van der Waals surface area contributed by atoms with Crippen LogP contribution in [0.1, 0.15) is 22.0 Å². The topological polar surface area (TPSA) is 48.0 Å². The molecule has 5 nitrogen and oxygen atoms in total. The second kappa shape index (κ2) is 6.34. The number of halogens is 1. The van der Waals surface area contributed by atoms with E-state index in [9.17, 15) is 4.79 Å². The van der Waals surface area contributed by atoms with Crippen molar-refractivity contribution in [3.63, 3.8) is 0 Å². The lowest BCUT2D eigenvalue weighted by Gasteiger charge is -2.33. The van der Waals surface area contributed by atoms with Gasteiger partial charge in [-0.05, 0) is 35.9 Å². The highest BCUT2D eigenvalue weighted by Crippen LogP contribution is 2.33. The van der Waals surface area contributed by atoms with E-state index in [1.54, 1.807) is 23.1 Å². The number of hydrogen-bond acceptors (Lipinski definition) is 4. The maximum atomic E-state index is 12.8. The first-order valence-corrected chi connectivity index (χ1v) is 8.14. The Morgan fingerprint density at radius 2 is 2.00 bits per heavy atom. The summed E-state index contributed by atoms with van der Waals surface area (Å²) in [5.74, 6) is 1.24. The Morgan fingerprint density at radius 3 is 2.88 bits per heavy atom. The van der Waals surface area contributed by atoms with Crippen molar-refractivity contribution in [1.29, 1.82) is 0 Å². The van der Waals surface area contributed by atoms with Gasteiger partial charge in [-0.25, -0.2) is 0 Å². The van der Waals surface area contributed by atoms with Gasteiger partial charge < -0.3 is 19.1 Å². The molecule has 1 unspecified atom stereocenters. The molecule has 1 atom stereocenters. The molecule has 2 aliphatic rings. The zero-order valence-electron chi connectivity index (χ0n) is 12.9. The summed E-state index contributed by atoms with van der Waals surface area (Å²) in [7, 11) is 0. The van der Waals surface area contributed by atoms with Gasteiger partial charge in [-0.15, -0.1) is 0 Å². The van der Waals surface area contributed by atoms with Crippen molar-refractivity contribution in [3.05, 3.63) is 58.6 Å². The number of carbonyl (C=O) groups is 1. The number of amides is 1. The maximum absolute atomic E-state index is 12.8. The maximum Gasteiger partial charge on any atom is 0.254 e. The minimum absolute atomic E-state index is 0.0383. The van der Waals surface area contributed by atoms with Crippen molar-refractivity contribution >= 4 is 17.5 Å². The Hall–Kier alpha value is -2.24. The summed E-state index contributed by atoms with van der Waals surface area (Å²) in [5.41, 5.74) is 1.57. The number of morpholine rings is 1. The predicted octanol–water partition coefficient (Wildman–Crippen LogP) is 3.28. The summed E-state index contributed by atoms with van der Waals surface area (Å²) >= 11 is 6.05. The second-order valence-electron chi connectivity index (χ2n) is 5.73. The van der Waals surface area contributed by atoms with E-state index < -0.39 is 0 Å². The van der Waals surface area contributed by atoms with E-state index in [4.69, 9.17) is 25.8 Å². The smallest absolute Gasteiger partial charge is 0.254 e. The lowest BCUT2D eigenvalue weighted by Crippen LogP contribution is -2.42. The first-order valence-electron chi connectivity index (χ1n) is 7.77. The van der Waals surface area contributed by atoms with Crippen LogP contribution in [0.25, 0.3) is 0 Å². The van der Waals surface area contributed by atoms with Crippen molar-refractivity contribution in [1.82, 2.24) is 4.90 Å². The van der Waals surface area contributed by atoms with Gasteiger partial charge in [-0.1, -0.05) is 23.7 Å². The molecule has 2 heterocycles. The van der Waals surface area contributed by atoms with Gasteiger partial charge in [0, 0.05) is 17.1 Å². The summed E-state index contributed by atoms with van der Waals surface area (Å²) in [5, 5.41) is 0.662. The summed E-state index contributed by atoms with van der Waals surface area (Å²) in [6, 6.07) is 12.8. The molecule has 1 fully saturated rings. The molecule has 124 valence electrons. The first kappa shape index (κ1) is 15.3. The van der Waals surface area contributed by atoms with Crippen LogP contribution in [0.4, 0.5) is 0 Å². The normalized spacial score (nSPS) is 19.4. The lowest BCUT2D eigenvalue weighted by molar-refractivity contribution is -0.0228. The molecule has 0 saturated carbocycles. The van der Waals surface area contributed by atoms with Gasteiger partial charge in [0.2, 0.25) is 6.79 Å². The van der Waals surface area contributed by atoms with Gasteiger partial charge in [0.05, 0.1) is 13.2 Å². The molecule has 0 aromatic heterocycles. The highest BCUT2D eigenvalue weighted by Gasteiger charge is 2.27. The number of hydrogen-bond donors (Lipinski definition) is 0. The zero-order chi connectivity index (χ0) is 16.5. The second-order valence-corrected chi connectivity index (χ2v) is 6.17. The van der Waals surface area contributed by atoms with Crippen molar-refractivity contribution in [2.45, 2.75) is 6.10 Å². The fourth-order valence-corrected chi connectivity index (χ4v) is 3.15. The molecule has 0 bridgehead atoms. The third-order valence-corrected chi connectivity index (χ3v) is 4.43. The summed E-state index contributed by atoms with van der Waals surface area (Å²) in [4.78, 5) is 14.6. The summed E-state index contributed by atoms with van der Waals surface area (Å²) in [6.45, 7) is 1.74. The Morgan fingerprint density at radius 1 is 1.12 bits per heavy atom. The van der Waals surface area contributed by atoms with Crippen LogP contribution in [0.2, 0.25) is 5.02 Å². The van der Waals surface area contributed by atoms with Crippen LogP contribution in [-0.4, -0.2) is 37.3 Å². The SMILES string of the molecule is O=C(c1ccc2c(c1)OCO2)N1CCOC(c2cccc(Cl)c2)C1. The molecule has 2 aromatic carbocycles. The Balaban J connectivity index is 1.52. The number of carbonyl (C=O) groups excluding carboxylic acids is 1. The molecular weight excluding hydrogens is 330 g/mol. The van der Waals surface area contributed by atoms with E-state index in [0.29, 0.717) is 41.8 Å². The van der Waals surface area contributed by atoms with Gasteiger partial charge >= 0.3 is 0 Å². The molecule has 4 rings (SSSR count). The Bertz CT molecular complexity index is 779. The van der Waals surface area contributed by atoms with Crippen LogP contribution in [0, 0.1) is 0 Å². The van der Waals surface area contributed by atoms with E-state index in [1.165, 1.54) is 0 Å². The molecule has 0 spiro atoms. The molecule has 0 N–H and O–H groups in total. The van der Waals surface area contributed by atoms with E-state index >= 15 is 0 Å². The molecule has 1 amide bonds. The fraction of sp³-hybridized carbons (Fsp3) is 0.278. The van der Waals surface area contributed by atoms with Gasteiger partial charge in [-0.3, -0.25) is 4.79 Å². The average Bonchev–Trinajstić information content (AvgIpc) is 3.09. The Labute approximate surface area is 144 Å². The highest BCUT2D eigenvalue weighted by atomic mass is 35.5. The number of fused-ring (bicyclic) bond motifs is 1. The van der Waals surface area contributed by atoms with Crippen LogP contribution >= 0.6 is 11.6 Å². The standard InChI is InChI=1S/C18H16ClNO4/c19-14-3-1-2-12(8-14)17-10-20(6-7-22-17)18(21)13-4-5-15-16(9-13)24-11-23-15/h1-5,8-9,17H,6-7,10-11H2. The lowest BCUT2D eigenvalue weighted by atomic mass is 10.1. The summed E-state index contributed by atoms with van der Waals surface area (Å²) in [6.07, 6.45) is -0.171. The van der Waals surface area contributed by atoms with Crippen molar-refractivity contribution in [2.75, 3.05) is 26.5 Å². The molecule has 2 aromatic rings. The van der Waals surface area contributed by atoms with E-state index in [0.717, 1.165) is 5.56 Å². The van der Waals surface area contributed by atoms with Gasteiger partial charge in [-0.2, -0.15) is 0 Å². The fourth-order valence-electron chi connectivity index (χ4n) is 2.95. The Kier molecular flexibility index (Phi) is 4.04. The van der Waals surface area contributed by atoms with Crippen molar-refractivity contribution < 1.29 is 19.0 Å². The van der Waals surface area contributed by atoms with E-state index in [1.807, 2.05) is 24.3 Å². The number of nitrogens with zero attached hydrogens (tertiary/aromatic N) is 1. The quantitative estimate of drug-likeness (QED) is 0.838. The highest BCUT2D eigenvalue weighted by molar-refractivity contribution is 6.30. The van der Waals surface area contributed by atoms with Crippen LogP contribution in [0.5, 0.6) is 11.5 Å². The van der Waals surface area contributed by atoms with Crippen LogP contribution in [0.3, 0.4) is 0 Å². The molecule has 6 heteroatoms. The van der Waals surface area contributed by atoms with E-state index in [2.05, 4.69) is 0 Å². The number of rotatable bonds is 2. The van der Waals surface area contributed by atoms with E-state index in [-0.39, 0.29) is 18.8 Å². The van der Waals surface area contributed by atoms with Gasteiger partial charge in [0.15, 0.2) is 11.5 Å². The molecule has 2 aliphatic heterocycles. The van der Waals surface area contributed by atoms with Crippen LogP contribution in [0.15, 0.2) is 42.5 Å². The molecule has 0 aliphatic carbocycles. The molecule has 24 heavy (non-hydrogen) atoms. The third-order valence-electron chi connectivity index (χ3n) is 4.19. The molecule has 0 radical (unpaired) electrons. The number of ether oxygens (including phenoxy) is 3. The molecular formula is C18H16ClNO4. The largest absolute Gasteiger partial charge is 0.454 e. The third kappa shape index (κ3) is 2.92. The zero-order valence-corrected chi connectivity index (χ0v) is 13.7. The van der Waals surface area contributed by atoms with Gasteiger partial charge in [0.25, 0.3) is 5.91 Å². The predicted molar refractivity (Wildman–Crippen MR) is 88.6 cm³/mol. The van der Waals surface area contributed by atoms with Crippen molar-refractivity contribution in [3.8, 4) is 11.5 Å². The molecule has 1 saturated heterocycles. The van der Waals surface area contributed by atoms with Crippen LogP contribution in [-0.2, 0) is 4.74 Å². The number of benzene rings is 2. The van der Waals surface area contributed by atoms with Gasteiger partial charge in [0.1, 0.15) is 6.10 Å². The van der Waals surface area contributed by atoms with Crippen molar-refractivity contribution in [2.24, 2.45) is 0 Å². The monoisotopic (exact) mass is 345 g/mol. The first-order chi connectivity index (χ1) is 11.7. The minimum atomic E-state index is -0.171. The minimum Gasteiger partial charge on any atom is -0.454 e. The summed E-state index contributed by atoms with van der Waals surface area (Å²) < 4.78 is 16.4. The average molecular weight is 346 g/mol. The van der Waals surface area contributed by atoms with Crippen LogP contribution < -0.4 is 9.47 Å².